The number of likely N-dealkylation sites (tertiary alicyclic amines) is 1. The normalized spacial score (nSPS) is 20.2. The van der Waals surface area contributed by atoms with Crippen LogP contribution in [0.25, 0.3) is 5.65 Å². The van der Waals surface area contributed by atoms with Gasteiger partial charge in [-0.2, -0.15) is 0 Å². The van der Waals surface area contributed by atoms with Crippen LogP contribution in [0.2, 0.25) is 5.02 Å². The van der Waals surface area contributed by atoms with Gasteiger partial charge in [0.2, 0.25) is 0 Å². The van der Waals surface area contributed by atoms with Crippen LogP contribution in [-0.2, 0) is 0 Å². The summed E-state index contributed by atoms with van der Waals surface area (Å²) < 4.78 is 15.0. The molecule has 11 heteroatoms. The SMILES string of the molecule is Nc1nn2cc(Cl)cnc2c1C(=O)Nc1cnccc1N1CCC(N2CCC(F)C2)CC1. The van der Waals surface area contributed by atoms with E-state index < -0.39 is 12.1 Å². The number of rotatable bonds is 4. The predicted molar refractivity (Wildman–Crippen MR) is 121 cm³/mol. The monoisotopic (exact) mass is 458 g/mol. The number of pyridine rings is 1. The van der Waals surface area contributed by atoms with Crippen LogP contribution < -0.4 is 16.0 Å². The lowest BCUT2D eigenvalue weighted by atomic mass is 10.0. The average Bonchev–Trinajstić information content (AvgIpc) is 3.36. The minimum Gasteiger partial charge on any atom is -0.381 e. The third kappa shape index (κ3) is 3.95. The third-order valence-electron chi connectivity index (χ3n) is 6.23. The van der Waals surface area contributed by atoms with E-state index in [-0.39, 0.29) is 11.4 Å². The van der Waals surface area contributed by atoms with Gasteiger partial charge < -0.3 is 16.0 Å². The van der Waals surface area contributed by atoms with Crippen LogP contribution in [0.1, 0.15) is 29.6 Å². The molecule has 2 aliphatic heterocycles. The van der Waals surface area contributed by atoms with E-state index in [2.05, 4.69) is 30.2 Å². The Morgan fingerprint density at radius 1 is 1.22 bits per heavy atom. The number of carbonyl (C=O) groups is 1. The lowest BCUT2D eigenvalue weighted by Crippen LogP contribution is -2.44. The Morgan fingerprint density at radius 2 is 2.03 bits per heavy atom. The number of fused-ring (bicyclic) bond motifs is 1. The molecule has 3 aromatic heterocycles. The number of nitrogens with one attached hydrogen (secondary N) is 1. The Bertz CT molecular complexity index is 1150. The summed E-state index contributed by atoms with van der Waals surface area (Å²) in [5.41, 5.74) is 7.98. The maximum atomic E-state index is 13.6. The molecule has 1 atom stereocenters. The van der Waals surface area contributed by atoms with Crippen LogP contribution in [0.15, 0.2) is 30.9 Å². The number of nitrogens with zero attached hydrogens (tertiary/aromatic N) is 6. The summed E-state index contributed by atoms with van der Waals surface area (Å²) >= 11 is 5.96. The van der Waals surface area contributed by atoms with Crippen molar-refractivity contribution < 1.29 is 9.18 Å². The van der Waals surface area contributed by atoms with Gasteiger partial charge in [0.05, 0.1) is 28.8 Å². The highest BCUT2D eigenvalue weighted by molar-refractivity contribution is 6.30. The molecule has 32 heavy (non-hydrogen) atoms. The summed E-state index contributed by atoms with van der Waals surface area (Å²) in [7, 11) is 0. The van der Waals surface area contributed by atoms with Crippen LogP contribution in [0.3, 0.4) is 0 Å². The summed E-state index contributed by atoms with van der Waals surface area (Å²) in [6.07, 6.45) is 8.16. The van der Waals surface area contributed by atoms with Gasteiger partial charge in [-0.05, 0) is 25.3 Å². The van der Waals surface area contributed by atoms with E-state index in [9.17, 15) is 9.18 Å². The second-order valence-corrected chi connectivity index (χ2v) is 8.68. The molecular weight excluding hydrogens is 435 g/mol. The second-order valence-electron chi connectivity index (χ2n) is 8.25. The number of nitrogens with two attached hydrogens (primary N) is 1. The molecule has 1 unspecified atom stereocenters. The number of hydrogen-bond acceptors (Lipinski definition) is 7. The van der Waals surface area contributed by atoms with Gasteiger partial charge in [0, 0.05) is 44.6 Å². The Kier molecular flexibility index (Phi) is 5.56. The van der Waals surface area contributed by atoms with Crippen molar-refractivity contribution in [3.8, 4) is 0 Å². The van der Waals surface area contributed by atoms with E-state index in [1.54, 1.807) is 18.6 Å². The number of piperidine rings is 1. The zero-order valence-corrected chi connectivity index (χ0v) is 18.2. The zero-order valence-electron chi connectivity index (χ0n) is 17.4. The molecule has 1 amide bonds. The molecule has 0 aromatic carbocycles. The third-order valence-corrected chi connectivity index (χ3v) is 6.42. The van der Waals surface area contributed by atoms with Gasteiger partial charge in [0.15, 0.2) is 11.5 Å². The minimum atomic E-state index is -0.701. The van der Waals surface area contributed by atoms with Crippen molar-refractivity contribution in [3.05, 3.63) is 41.4 Å². The fraction of sp³-hybridized carbons (Fsp3) is 0.429. The van der Waals surface area contributed by atoms with Crippen molar-refractivity contribution in [2.75, 3.05) is 42.1 Å². The minimum absolute atomic E-state index is 0.0697. The van der Waals surface area contributed by atoms with Crippen molar-refractivity contribution in [1.82, 2.24) is 24.5 Å². The molecule has 2 saturated heterocycles. The van der Waals surface area contributed by atoms with Gasteiger partial charge in [0.25, 0.3) is 5.91 Å². The number of amides is 1. The highest BCUT2D eigenvalue weighted by Crippen LogP contribution is 2.31. The molecule has 5 heterocycles. The summed E-state index contributed by atoms with van der Waals surface area (Å²) in [5, 5.41) is 7.44. The topological polar surface area (TPSA) is 105 Å². The van der Waals surface area contributed by atoms with Crippen molar-refractivity contribution in [2.24, 2.45) is 0 Å². The molecule has 2 aliphatic rings. The summed E-state index contributed by atoms with van der Waals surface area (Å²) in [4.78, 5) is 26.0. The van der Waals surface area contributed by atoms with Crippen LogP contribution in [-0.4, -0.2) is 68.8 Å². The molecular formula is C21H24ClFN8O. The fourth-order valence-corrected chi connectivity index (χ4v) is 4.78. The molecule has 3 aromatic rings. The Morgan fingerprint density at radius 3 is 2.78 bits per heavy atom. The molecule has 0 spiro atoms. The fourth-order valence-electron chi connectivity index (χ4n) is 4.64. The van der Waals surface area contributed by atoms with Gasteiger partial charge in [-0.1, -0.05) is 11.6 Å². The average molecular weight is 459 g/mol. The molecule has 168 valence electrons. The highest BCUT2D eigenvalue weighted by Gasteiger charge is 2.31. The molecule has 9 nitrogen and oxygen atoms in total. The number of hydrogen-bond donors (Lipinski definition) is 2. The van der Waals surface area contributed by atoms with Gasteiger partial charge in [-0.25, -0.2) is 13.9 Å². The largest absolute Gasteiger partial charge is 0.381 e. The first-order valence-corrected chi connectivity index (χ1v) is 11.0. The maximum absolute atomic E-state index is 13.6. The van der Waals surface area contributed by atoms with E-state index >= 15 is 0 Å². The van der Waals surface area contributed by atoms with E-state index in [0.717, 1.165) is 38.2 Å². The predicted octanol–water partition coefficient (Wildman–Crippen LogP) is 2.62. The van der Waals surface area contributed by atoms with Crippen molar-refractivity contribution in [2.45, 2.75) is 31.5 Å². The molecule has 0 saturated carbocycles. The number of halogens is 2. The number of carbonyl (C=O) groups excluding carboxylic acids is 1. The molecule has 2 fully saturated rings. The smallest absolute Gasteiger partial charge is 0.263 e. The first-order valence-electron chi connectivity index (χ1n) is 10.7. The number of nitrogen functional groups attached to an aromatic ring is 1. The van der Waals surface area contributed by atoms with Gasteiger partial charge >= 0.3 is 0 Å². The second kappa shape index (κ2) is 8.51. The Balaban J connectivity index is 1.32. The standard InChI is InChI=1S/C21H24ClFN8O/c22-13-9-26-20-18(19(24)28-31(20)11-13)21(32)27-16-10-25-5-1-17(16)29-7-3-15(4-8-29)30-6-2-14(23)12-30/h1,5,9-11,14-15H,2-4,6-8,12H2,(H2,24,28)(H,27,32). The van der Waals surface area contributed by atoms with Crippen LogP contribution in [0.5, 0.6) is 0 Å². The number of aromatic nitrogens is 4. The summed E-state index contributed by atoms with van der Waals surface area (Å²) in [5.74, 6) is -0.345. The van der Waals surface area contributed by atoms with E-state index in [4.69, 9.17) is 17.3 Å². The molecule has 0 bridgehead atoms. The van der Waals surface area contributed by atoms with Crippen LogP contribution in [0.4, 0.5) is 21.6 Å². The van der Waals surface area contributed by atoms with Crippen LogP contribution in [0, 0.1) is 0 Å². The van der Waals surface area contributed by atoms with E-state index in [0.29, 0.717) is 35.4 Å². The van der Waals surface area contributed by atoms with Gasteiger partial charge in [-0.3, -0.25) is 14.7 Å². The maximum Gasteiger partial charge on any atom is 0.263 e. The van der Waals surface area contributed by atoms with Crippen molar-refractivity contribution in [1.29, 1.82) is 0 Å². The van der Waals surface area contributed by atoms with Gasteiger partial charge in [-0.15, -0.1) is 5.10 Å². The van der Waals surface area contributed by atoms with Crippen molar-refractivity contribution in [3.63, 3.8) is 0 Å². The number of alkyl halides is 1. The first kappa shape index (κ1) is 20.9. The van der Waals surface area contributed by atoms with Crippen molar-refractivity contribution >= 4 is 40.3 Å². The summed E-state index contributed by atoms with van der Waals surface area (Å²) in [6.45, 7) is 3.03. The highest BCUT2D eigenvalue weighted by atomic mass is 35.5. The number of anilines is 3. The van der Waals surface area contributed by atoms with Crippen LogP contribution >= 0.6 is 11.6 Å². The quantitative estimate of drug-likeness (QED) is 0.619. The zero-order chi connectivity index (χ0) is 22.2. The molecule has 0 radical (unpaired) electrons. The molecule has 0 aliphatic carbocycles. The van der Waals surface area contributed by atoms with E-state index in [1.807, 2.05) is 6.07 Å². The van der Waals surface area contributed by atoms with E-state index in [1.165, 1.54) is 10.7 Å². The lowest BCUT2D eigenvalue weighted by Gasteiger charge is -2.38. The first-order chi connectivity index (χ1) is 15.5. The molecule has 3 N–H and O–H groups in total. The molecule has 5 rings (SSSR count). The van der Waals surface area contributed by atoms with Gasteiger partial charge in [0.1, 0.15) is 11.7 Å². The summed E-state index contributed by atoms with van der Waals surface area (Å²) in [6, 6.07) is 2.30. The Hall–Kier alpha value is -2.98. The Labute approximate surface area is 189 Å². The lowest BCUT2D eigenvalue weighted by molar-refractivity contribution is 0.102.